The second-order valence-electron chi connectivity index (χ2n) is 5.88. The Hall–Kier alpha value is -3.49. The number of hydrogen-bond acceptors (Lipinski definition) is 4. The van der Waals surface area contributed by atoms with E-state index in [1.165, 1.54) is 16.7 Å². The van der Waals surface area contributed by atoms with E-state index >= 15 is 0 Å². The first-order valence-electron chi connectivity index (χ1n) is 8.17. The van der Waals surface area contributed by atoms with E-state index in [9.17, 15) is 13.2 Å². The number of ether oxygens (including phenoxy) is 1. The van der Waals surface area contributed by atoms with Crippen LogP contribution in [0.25, 0.3) is 11.3 Å². The van der Waals surface area contributed by atoms with Crippen molar-refractivity contribution >= 4 is 17.5 Å². The van der Waals surface area contributed by atoms with Gasteiger partial charge in [0.05, 0.1) is 12.8 Å². The molecule has 1 aliphatic carbocycles. The third-order valence-corrected chi connectivity index (χ3v) is 4.12. The van der Waals surface area contributed by atoms with E-state index < -0.39 is 12.1 Å². The molecule has 6 nitrogen and oxygen atoms in total. The lowest BCUT2D eigenvalue weighted by atomic mass is 10.1. The number of rotatable bonds is 3. The third-order valence-electron chi connectivity index (χ3n) is 4.12. The highest BCUT2D eigenvalue weighted by Gasteiger charge is 2.38. The second kappa shape index (κ2) is 7.63. The molecule has 0 saturated carbocycles. The normalized spacial score (nSPS) is 11.7. The quantitative estimate of drug-likeness (QED) is 0.483. The summed E-state index contributed by atoms with van der Waals surface area (Å²) in [5, 5.41) is 18.1. The van der Waals surface area contributed by atoms with Crippen molar-refractivity contribution in [1.29, 1.82) is 0 Å². The van der Waals surface area contributed by atoms with Gasteiger partial charge in [0.25, 0.3) is 0 Å². The number of carboxylic acids is 1. The standard InChI is InChI=1S/C17H15N3O.C2HF3O2/c1-21-15-9-5-8-12-13(15)10-14-16(12)19-20-17(14)18-11-6-3-2-4-7-11;3-2(4,5)1(6)7/h2-9H,10H2,1H3,(H2,18,19,20);(H,6,7). The maximum absolute atomic E-state index is 10.6. The molecule has 0 fully saturated rings. The van der Waals surface area contributed by atoms with Crippen LogP contribution in [0, 0.1) is 0 Å². The number of alkyl halides is 3. The van der Waals surface area contributed by atoms with E-state index in [1.807, 2.05) is 42.5 Å². The van der Waals surface area contributed by atoms with Gasteiger partial charge in [-0.05, 0) is 18.2 Å². The number of carboxylic acid groups (broad SMARTS) is 1. The fourth-order valence-corrected chi connectivity index (χ4v) is 2.87. The van der Waals surface area contributed by atoms with Crippen LogP contribution in [0.5, 0.6) is 5.75 Å². The van der Waals surface area contributed by atoms with Crippen molar-refractivity contribution in [2.45, 2.75) is 12.6 Å². The molecule has 0 atom stereocenters. The van der Waals surface area contributed by atoms with Crippen molar-refractivity contribution in [3.63, 3.8) is 0 Å². The molecule has 9 heteroatoms. The van der Waals surface area contributed by atoms with Gasteiger partial charge in [0.15, 0.2) is 5.82 Å². The van der Waals surface area contributed by atoms with Gasteiger partial charge in [-0.1, -0.05) is 30.3 Å². The molecule has 0 unspecified atom stereocenters. The average molecular weight is 391 g/mol. The fraction of sp³-hybridized carbons (Fsp3) is 0.158. The summed E-state index contributed by atoms with van der Waals surface area (Å²) in [4.78, 5) is 8.90. The monoisotopic (exact) mass is 391 g/mol. The predicted octanol–water partition coefficient (Wildman–Crippen LogP) is 4.37. The molecule has 0 spiro atoms. The summed E-state index contributed by atoms with van der Waals surface area (Å²) < 4.78 is 37.2. The number of methoxy groups -OCH3 is 1. The molecule has 1 aliphatic rings. The van der Waals surface area contributed by atoms with Gasteiger partial charge in [0, 0.05) is 28.8 Å². The number of carbonyl (C=O) groups is 1. The average Bonchev–Trinajstić information content (AvgIpc) is 3.22. The number of aromatic amines is 1. The summed E-state index contributed by atoms with van der Waals surface area (Å²) >= 11 is 0. The smallest absolute Gasteiger partial charge is 0.490 e. The summed E-state index contributed by atoms with van der Waals surface area (Å²) in [6, 6.07) is 16.2. The molecule has 0 bridgehead atoms. The fourth-order valence-electron chi connectivity index (χ4n) is 2.87. The van der Waals surface area contributed by atoms with Gasteiger partial charge in [0.1, 0.15) is 5.75 Å². The van der Waals surface area contributed by atoms with E-state index in [1.54, 1.807) is 7.11 Å². The lowest BCUT2D eigenvalue weighted by Gasteiger charge is -2.07. The molecule has 0 radical (unpaired) electrons. The summed E-state index contributed by atoms with van der Waals surface area (Å²) in [5.74, 6) is -0.940. The SMILES string of the molecule is COc1cccc2c1Cc1c(Nc3ccccc3)n[nH]c1-2.O=C(O)C(F)(F)F. The number of halogens is 3. The van der Waals surface area contributed by atoms with Gasteiger partial charge in [-0.2, -0.15) is 18.3 Å². The Morgan fingerprint density at radius 2 is 1.82 bits per heavy atom. The molecule has 146 valence electrons. The van der Waals surface area contributed by atoms with Crippen molar-refractivity contribution in [3.05, 3.63) is 59.7 Å². The minimum Gasteiger partial charge on any atom is -0.496 e. The first-order chi connectivity index (χ1) is 13.3. The number of nitrogens with one attached hydrogen (secondary N) is 2. The van der Waals surface area contributed by atoms with Crippen LogP contribution in [-0.2, 0) is 11.2 Å². The molecule has 2 aromatic carbocycles. The van der Waals surface area contributed by atoms with Crippen LogP contribution < -0.4 is 10.1 Å². The number of aromatic nitrogens is 2. The lowest BCUT2D eigenvalue weighted by Crippen LogP contribution is -2.21. The van der Waals surface area contributed by atoms with E-state index in [2.05, 4.69) is 21.6 Å². The maximum Gasteiger partial charge on any atom is 0.490 e. The maximum atomic E-state index is 10.6. The zero-order valence-electron chi connectivity index (χ0n) is 14.7. The molecular weight excluding hydrogens is 375 g/mol. The molecule has 1 aromatic heterocycles. The van der Waals surface area contributed by atoms with Gasteiger partial charge in [-0.25, -0.2) is 4.79 Å². The molecular formula is C19H16F3N3O3. The number of anilines is 2. The van der Waals surface area contributed by atoms with Crippen LogP contribution >= 0.6 is 0 Å². The van der Waals surface area contributed by atoms with Gasteiger partial charge < -0.3 is 15.2 Å². The zero-order chi connectivity index (χ0) is 20.3. The van der Waals surface area contributed by atoms with Crippen molar-refractivity contribution < 1.29 is 27.8 Å². The summed E-state index contributed by atoms with van der Waals surface area (Å²) in [5.41, 5.74) is 5.72. The number of hydrogen-bond donors (Lipinski definition) is 3. The van der Waals surface area contributed by atoms with Gasteiger partial charge in [0.2, 0.25) is 0 Å². The van der Waals surface area contributed by atoms with Crippen molar-refractivity contribution in [1.82, 2.24) is 10.2 Å². The molecule has 3 aromatic rings. The Labute approximate surface area is 158 Å². The van der Waals surface area contributed by atoms with Gasteiger partial charge >= 0.3 is 12.1 Å². The Morgan fingerprint density at radius 3 is 2.43 bits per heavy atom. The van der Waals surface area contributed by atoms with Crippen LogP contribution in [0.4, 0.5) is 24.7 Å². The van der Waals surface area contributed by atoms with Crippen LogP contribution in [0.1, 0.15) is 11.1 Å². The first kappa shape index (κ1) is 19.3. The Kier molecular flexibility index (Phi) is 5.25. The molecule has 1 heterocycles. The van der Waals surface area contributed by atoms with E-state index in [-0.39, 0.29) is 0 Å². The van der Waals surface area contributed by atoms with Crippen LogP contribution in [0.2, 0.25) is 0 Å². The molecule has 28 heavy (non-hydrogen) atoms. The number of aliphatic carboxylic acids is 1. The topological polar surface area (TPSA) is 87.2 Å². The molecule has 4 rings (SSSR count). The predicted molar refractivity (Wildman–Crippen MR) is 96.8 cm³/mol. The Morgan fingerprint density at radius 1 is 1.14 bits per heavy atom. The first-order valence-corrected chi connectivity index (χ1v) is 8.17. The summed E-state index contributed by atoms with van der Waals surface area (Å²) in [6.07, 6.45) is -4.25. The van der Waals surface area contributed by atoms with Gasteiger partial charge in [-0.15, -0.1) is 0 Å². The largest absolute Gasteiger partial charge is 0.496 e. The summed E-state index contributed by atoms with van der Waals surface area (Å²) in [6.45, 7) is 0. The highest BCUT2D eigenvalue weighted by molar-refractivity contribution is 5.81. The van der Waals surface area contributed by atoms with Crippen LogP contribution in [0.15, 0.2) is 48.5 Å². The highest BCUT2D eigenvalue weighted by atomic mass is 19.4. The number of para-hydroxylation sites is 1. The van der Waals surface area contributed by atoms with E-state index in [0.29, 0.717) is 0 Å². The van der Waals surface area contributed by atoms with Crippen molar-refractivity contribution in [2.75, 3.05) is 12.4 Å². The second-order valence-corrected chi connectivity index (χ2v) is 5.88. The van der Waals surface area contributed by atoms with Crippen LogP contribution in [0.3, 0.4) is 0 Å². The van der Waals surface area contributed by atoms with Gasteiger partial charge in [-0.3, -0.25) is 5.10 Å². The van der Waals surface area contributed by atoms with Crippen LogP contribution in [-0.4, -0.2) is 34.6 Å². The summed E-state index contributed by atoms with van der Waals surface area (Å²) in [7, 11) is 1.71. The minimum absolute atomic E-state index is 0.834. The highest BCUT2D eigenvalue weighted by Crippen LogP contribution is 2.43. The van der Waals surface area contributed by atoms with E-state index in [0.717, 1.165) is 29.4 Å². The Bertz CT molecular complexity index is 985. The van der Waals surface area contributed by atoms with E-state index in [4.69, 9.17) is 14.6 Å². The third kappa shape index (κ3) is 3.93. The number of H-pyrrole nitrogens is 1. The van der Waals surface area contributed by atoms with Crippen molar-refractivity contribution in [2.24, 2.45) is 0 Å². The van der Waals surface area contributed by atoms with Crippen molar-refractivity contribution in [3.8, 4) is 17.0 Å². The number of benzene rings is 2. The molecule has 0 aliphatic heterocycles. The minimum atomic E-state index is -5.08. The lowest BCUT2D eigenvalue weighted by molar-refractivity contribution is -0.192. The Balaban J connectivity index is 0.000000279. The molecule has 3 N–H and O–H groups in total. The number of fused-ring (bicyclic) bond motifs is 3. The molecule has 0 saturated heterocycles. The number of nitrogens with zero attached hydrogens (tertiary/aromatic N) is 1. The zero-order valence-corrected chi connectivity index (χ0v) is 14.7. The molecule has 0 amide bonds.